The molecule has 0 aromatic heterocycles. The van der Waals surface area contributed by atoms with E-state index in [1.54, 1.807) is 12.1 Å². The highest BCUT2D eigenvalue weighted by atomic mass is 35.5. The number of hydrogen-bond acceptors (Lipinski definition) is 3. The first-order valence-corrected chi connectivity index (χ1v) is 6.74. The molecular weight excluding hydrogens is 288 g/mol. The molecule has 0 saturated carbocycles. The number of rotatable bonds is 6. The Morgan fingerprint density at radius 2 is 1.67 bits per heavy atom. The summed E-state index contributed by atoms with van der Waals surface area (Å²) >= 11 is 0. The maximum atomic E-state index is 11.1. The Bertz CT molecular complexity index is 575. The molecule has 0 aliphatic heterocycles. The fourth-order valence-corrected chi connectivity index (χ4v) is 2.24. The second kappa shape index (κ2) is 8.27. The lowest BCUT2D eigenvalue weighted by atomic mass is 10.1. The van der Waals surface area contributed by atoms with Crippen LogP contribution in [-0.2, 0) is 6.42 Å². The molecule has 2 aromatic rings. The summed E-state index contributed by atoms with van der Waals surface area (Å²) in [4.78, 5) is 12.8. The van der Waals surface area contributed by atoms with Crippen molar-refractivity contribution in [3.05, 3.63) is 70.3 Å². The molecule has 0 radical (unpaired) electrons. The number of hydrogen-bond donors (Lipinski definition) is 0. The highest BCUT2D eigenvalue weighted by molar-refractivity contribution is 5.85. The van der Waals surface area contributed by atoms with Crippen molar-refractivity contribution < 1.29 is 4.92 Å². The van der Waals surface area contributed by atoms with Gasteiger partial charge in [-0.05, 0) is 25.0 Å². The van der Waals surface area contributed by atoms with Gasteiger partial charge in [0.25, 0.3) is 5.69 Å². The number of nitrogens with zero attached hydrogens (tertiary/aromatic N) is 2. The summed E-state index contributed by atoms with van der Waals surface area (Å²) in [5.74, 6) is 0. The molecule has 0 fully saturated rings. The van der Waals surface area contributed by atoms with Gasteiger partial charge in [0.05, 0.1) is 4.92 Å². The maximum absolute atomic E-state index is 11.1. The molecule has 21 heavy (non-hydrogen) atoms. The molecule has 0 saturated heterocycles. The number of benzene rings is 2. The van der Waals surface area contributed by atoms with Gasteiger partial charge >= 0.3 is 0 Å². The third kappa shape index (κ3) is 4.46. The summed E-state index contributed by atoms with van der Waals surface area (Å²) in [6.45, 7) is 3.53. The molecule has 0 bridgehead atoms. The van der Waals surface area contributed by atoms with Crippen LogP contribution in [0, 0.1) is 10.1 Å². The molecule has 112 valence electrons. The lowest BCUT2D eigenvalue weighted by molar-refractivity contribution is -0.384. The largest absolute Gasteiger partial charge is 0.366 e. The van der Waals surface area contributed by atoms with E-state index in [4.69, 9.17) is 0 Å². The molecule has 5 heteroatoms. The Morgan fingerprint density at radius 1 is 1.05 bits per heavy atom. The highest BCUT2D eigenvalue weighted by Crippen LogP contribution is 2.27. The number of likely N-dealkylation sites (N-methyl/N-ethyl adjacent to an activating group) is 1. The summed E-state index contributed by atoms with van der Waals surface area (Å²) in [5.41, 5.74) is 2.10. The molecule has 0 amide bonds. The molecule has 0 heterocycles. The van der Waals surface area contributed by atoms with Crippen LogP contribution in [0.15, 0.2) is 54.6 Å². The zero-order chi connectivity index (χ0) is 14.4. The molecule has 0 unspecified atom stereocenters. The SMILES string of the molecule is CCN(CCc1ccccc1)c1ccccc1[N+](=O)[O-].Cl. The van der Waals surface area contributed by atoms with Crippen LogP contribution in [0.4, 0.5) is 11.4 Å². The van der Waals surface area contributed by atoms with E-state index in [0.717, 1.165) is 19.5 Å². The van der Waals surface area contributed by atoms with Gasteiger partial charge in [0.1, 0.15) is 5.69 Å². The molecule has 0 atom stereocenters. The third-order valence-electron chi connectivity index (χ3n) is 3.31. The van der Waals surface area contributed by atoms with E-state index in [0.29, 0.717) is 5.69 Å². The van der Waals surface area contributed by atoms with Crippen molar-refractivity contribution in [3.8, 4) is 0 Å². The average Bonchev–Trinajstić information content (AvgIpc) is 2.49. The smallest absolute Gasteiger partial charge is 0.292 e. The van der Waals surface area contributed by atoms with Gasteiger partial charge in [-0.2, -0.15) is 0 Å². The topological polar surface area (TPSA) is 46.4 Å². The van der Waals surface area contributed by atoms with Crippen molar-refractivity contribution in [3.63, 3.8) is 0 Å². The Kier molecular flexibility index (Phi) is 6.69. The number of nitro benzene ring substituents is 1. The van der Waals surface area contributed by atoms with Crippen molar-refractivity contribution in [1.29, 1.82) is 0 Å². The van der Waals surface area contributed by atoms with Gasteiger partial charge in [0.2, 0.25) is 0 Å². The van der Waals surface area contributed by atoms with Crippen LogP contribution >= 0.6 is 12.4 Å². The van der Waals surface area contributed by atoms with Crippen molar-refractivity contribution >= 4 is 23.8 Å². The molecule has 0 aliphatic carbocycles. The first kappa shape index (κ1) is 17.0. The standard InChI is InChI=1S/C16H18N2O2.ClH/c1-2-17(13-12-14-8-4-3-5-9-14)15-10-6-7-11-16(15)18(19)20;/h3-11H,2,12-13H2,1H3;1H. The fraction of sp³-hybridized carbons (Fsp3) is 0.250. The Balaban J connectivity index is 0.00000220. The van der Waals surface area contributed by atoms with E-state index < -0.39 is 0 Å². The zero-order valence-corrected chi connectivity index (χ0v) is 12.8. The highest BCUT2D eigenvalue weighted by Gasteiger charge is 2.17. The second-order valence-electron chi connectivity index (χ2n) is 4.56. The van der Waals surface area contributed by atoms with Gasteiger partial charge in [0.15, 0.2) is 0 Å². The molecule has 2 aromatic carbocycles. The second-order valence-corrected chi connectivity index (χ2v) is 4.56. The van der Waals surface area contributed by atoms with Gasteiger partial charge in [-0.3, -0.25) is 10.1 Å². The maximum Gasteiger partial charge on any atom is 0.292 e. The molecular formula is C16H19ClN2O2. The molecule has 2 rings (SSSR count). The van der Waals surface area contributed by atoms with Crippen molar-refractivity contribution in [2.75, 3.05) is 18.0 Å². The van der Waals surface area contributed by atoms with Crippen LogP contribution in [0.25, 0.3) is 0 Å². The minimum atomic E-state index is -0.319. The fourth-order valence-electron chi connectivity index (χ4n) is 2.24. The van der Waals surface area contributed by atoms with Crippen molar-refractivity contribution in [2.24, 2.45) is 0 Å². The molecule has 0 aliphatic rings. The van der Waals surface area contributed by atoms with E-state index >= 15 is 0 Å². The van der Waals surface area contributed by atoms with Crippen molar-refractivity contribution in [1.82, 2.24) is 0 Å². The van der Waals surface area contributed by atoms with Crippen molar-refractivity contribution in [2.45, 2.75) is 13.3 Å². The van der Waals surface area contributed by atoms with Crippen LogP contribution in [0.2, 0.25) is 0 Å². The van der Waals surface area contributed by atoms with Crippen LogP contribution in [-0.4, -0.2) is 18.0 Å². The normalized spacial score (nSPS) is 9.76. The number of halogens is 1. The van der Waals surface area contributed by atoms with Gasteiger partial charge in [-0.15, -0.1) is 12.4 Å². The third-order valence-corrected chi connectivity index (χ3v) is 3.31. The van der Waals surface area contributed by atoms with Gasteiger partial charge < -0.3 is 4.90 Å². The van der Waals surface area contributed by atoms with E-state index in [2.05, 4.69) is 12.1 Å². The summed E-state index contributed by atoms with van der Waals surface area (Å²) in [5, 5.41) is 11.1. The van der Waals surface area contributed by atoms with E-state index in [1.165, 1.54) is 5.56 Å². The van der Waals surface area contributed by atoms with E-state index in [9.17, 15) is 10.1 Å². The number of para-hydroxylation sites is 2. The van der Waals surface area contributed by atoms with Gasteiger partial charge in [-0.25, -0.2) is 0 Å². The van der Waals surface area contributed by atoms with E-state index in [-0.39, 0.29) is 23.0 Å². The monoisotopic (exact) mass is 306 g/mol. The molecule has 4 nitrogen and oxygen atoms in total. The molecule has 0 spiro atoms. The minimum absolute atomic E-state index is 0. The average molecular weight is 307 g/mol. The van der Waals surface area contributed by atoms with E-state index in [1.807, 2.05) is 42.2 Å². The van der Waals surface area contributed by atoms with Crippen LogP contribution in [0.3, 0.4) is 0 Å². The Labute approximate surface area is 131 Å². The number of anilines is 1. The lowest BCUT2D eigenvalue weighted by Gasteiger charge is -2.22. The first-order valence-electron chi connectivity index (χ1n) is 6.74. The lowest BCUT2D eigenvalue weighted by Crippen LogP contribution is -2.26. The van der Waals surface area contributed by atoms with Gasteiger partial charge in [-0.1, -0.05) is 42.5 Å². The van der Waals surface area contributed by atoms with Crippen LogP contribution < -0.4 is 4.90 Å². The quantitative estimate of drug-likeness (QED) is 0.596. The summed E-state index contributed by atoms with van der Waals surface area (Å²) in [6, 6.07) is 17.1. The van der Waals surface area contributed by atoms with Crippen LogP contribution in [0.1, 0.15) is 12.5 Å². The predicted molar refractivity (Wildman–Crippen MR) is 88.4 cm³/mol. The number of nitro groups is 1. The Morgan fingerprint density at radius 3 is 2.29 bits per heavy atom. The summed E-state index contributed by atoms with van der Waals surface area (Å²) in [7, 11) is 0. The summed E-state index contributed by atoms with van der Waals surface area (Å²) in [6.07, 6.45) is 0.876. The minimum Gasteiger partial charge on any atom is -0.366 e. The molecule has 0 N–H and O–H groups in total. The first-order chi connectivity index (χ1) is 9.72. The predicted octanol–water partition coefficient (Wildman–Crippen LogP) is 4.09. The zero-order valence-electron chi connectivity index (χ0n) is 11.9. The van der Waals surface area contributed by atoms with Crippen LogP contribution in [0.5, 0.6) is 0 Å². The Hall–Kier alpha value is -2.07. The van der Waals surface area contributed by atoms with Gasteiger partial charge in [0, 0.05) is 19.2 Å². The summed E-state index contributed by atoms with van der Waals surface area (Å²) < 4.78 is 0.